The largest absolute Gasteiger partial charge is 0.432 e. The molecule has 2 saturated carbocycles. The number of ether oxygens (including phenoxy) is 2. The van der Waals surface area contributed by atoms with E-state index in [-0.39, 0.29) is 60.0 Å². The number of hydrogen-bond donors (Lipinski definition) is 4. The Kier molecular flexibility index (Phi) is 16.1. The predicted octanol–water partition coefficient (Wildman–Crippen LogP) is 9.01. The van der Waals surface area contributed by atoms with Crippen LogP contribution in [0.2, 0.25) is 0 Å². The Balaban J connectivity index is 0.000000320. The summed E-state index contributed by atoms with van der Waals surface area (Å²) in [6, 6.07) is 4.91. The molecule has 0 unspecified atom stereocenters. The van der Waals surface area contributed by atoms with Crippen LogP contribution in [0, 0.1) is 11.6 Å². The van der Waals surface area contributed by atoms with Crippen LogP contribution in [-0.2, 0) is 0 Å². The molecule has 0 saturated heterocycles. The average Bonchev–Trinajstić information content (AvgIpc) is 3.19. The van der Waals surface area contributed by atoms with Gasteiger partial charge in [0, 0.05) is 62.3 Å². The van der Waals surface area contributed by atoms with Crippen LogP contribution in [0.25, 0.3) is 21.8 Å². The Bertz CT molecular complexity index is 1930. The second-order valence-electron chi connectivity index (χ2n) is 14.8. The number of pyridine rings is 2. The molecule has 2 fully saturated rings. The third-order valence-corrected chi connectivity index (χ3v) is 10.3. The van der Waals surface area contributed by atoms with Gasteiger partial charge in [-0.1, -0.05) is 0 Å². The van der Waals surface area contributed by atoms with Gasteiger partial charge in [0.15, 0.2) is 23.1 Å². The molecule has 10 nitrogen and oxygen atoms in total. The number of carbonyl (C=O) groups excluding carboxylic acids is 2. The average molecular weight is 867 g/mol. The minimum Gasteiger partial charge on any atom is -0.432 e. The van der Waals surface area contributed by atoms with Crippen molar-refractivity contribution in [1.82, 2.24) is 31.2 Å². The van der Waals surface area contributed by atoms with Crippen molar-refractivity contribution in [2.45, 2.75) is 128 Å². The highest BCUT2D eigenvalue weighted by Crippen LogP contribution is 2.28. The van der Waals surface area contributed by atoms with Crippen molar-refractivity contribution in [1.29, 1.82) is 0 Å². The summed E-state index contributed by atoms with van der Waals surface area (Å²) in [7, 11) is 0. The quantitative estimate of drug-likeness (QED) is 0.0927. The van der Waals surface area contributed by atoms with Crippen molar-refractivity contribution in [3.63, 3.8) is 0 Å². The number of nitrogens with one attached hydrogen (secondary N) is 4. The summed E-state index contributed by atoms with van der Waals surface area (Å²) >= 11 is 0. The fraction of sp³-hybridized carbons (Fsp3) is 0.500. The van der Waals surface area contributed by atoms with Gasteiger partial charge in [0.2, 0.25) is 0 Å². The van der Waals surface area contributed by atoms with Crippen LogP contribution in [0.1, 0.15) is 88.8 Å². The summed E-state index contributed by atoms with van der Waals surface area (Å²) in [6.45, 7) is -3.44. The maximum atomic E-state index is 13.9. The second kappa shape index (κ2) is 21.0. The second-order valence-corrected chi connectivity index (χ2v) is 14.8. The highest BCUT2D eigenvalue weighted by Gasteiger charge is 2.28. The Hall–Kier alpha value is -4.98. The van der Waals surface area contributed by atoms with Crippen molar-refractivity contribution in [2.75, 3.05) is 0 Å². The molecule has 20 heteroatoms. The SMILES string of the molecule is C[C@@H](NC1CCC(NC(=O)c2cnc3cc(OC(F)F)c(F)cc3c2)CC1)C(F)F.C[C@H](NC1CCC(NC(=O)c2cnc3cc(OC(F)F)c(F)cc3c2)CC1)C(F)F.[HH].[HH]. The van der Waals surface area contributed by atoms with Crippen molar-refractivity contribution >= 4 is 33.6 Å². The van der Waals surface area contributed by atoms with Crippen LogP contribution in [0.4, 0.5) is 43.9 Å². The molecule has 4 aromatic rings. The molecule has 2 amide bonds. The minimum absolute atomic E-state index is 0. The molecular formula is C40H48F10N6O4. The van der Waals surface area contributed by atoms with Crippen LogP contribution in [-0.4, -0.2) is 84.1 Å². The normalized spacial score (nSPS) is 20.5. The smallest absolute Gasteiger partial charge is 0.387 e. The van der Waals surface area contributed by atoms with Gasteiger partial charge in [-0.15, -0.1) is 0 Å². The molecular weight excluding hydrogens is 818 g/mol. The van der Waals surface area contributed by atoms with E-state index in [4.69, 9.17) is 0 Å². The lowest BCUT2D eigenvalue weighted by Gasteiger charge is -2.31. The number of amides is 2. The van der Waals surface area contributed by atoms with E-state index < -0.39 is 73.1 Å². The minimum atomic E-state index is -3.16. The van der Waals surface area contributed by atoms with Gasteiger partial charge in [-0.25, -0.2) is 26.3 Å². The lowest BCUT2D eigenvalue weighted by Crippen LogP contribution is -2.46. The molecule has 2 aromatic carbocycles. The monoisotopic (exact) mass is 866 g/mol. The standard InChI is InChI=1S/2C20H22F5N3O2.2H2/c2*1-10(18(22)23)27-13-2-4-14(5-3-13)28-19(29)12-6-11-7-15(21)17(30-20(24)25)8-16(11)26-9-12;;/h2*6-10,13-14,18,20,27H,2-5H2,1H3,(H,28,29);2*1H/t2*10-,13?,14?;;/m10../s1. The van der Waals surface area contributed by atoms with E-state index in [9.17, 15) is 53.5 Å². The molecule has 0 radical (unpaired) electrons. The molecule has 0 bridgehead atoms. The van der Waals surface area contributed by atoms with Crippen LogP contribution in [0.5, 0.6) is 11.5 Å². The predicted molar refractivity (Wildman–Crippen MR) is 205 cm³/mol. The number of carbonyl (C=O) groups is 2. The summed E-state index contributed by atoms with van der Waals surface area (Å²) in [5.41, 5.74) is 0.832. The van der Waals surface area contributed by atoms with Gasteiger partial charge >= 0.3 is 13.2 Å². The van der Waals surface area contributed by atoms with Crippen LogP contribution < -0.4 is 30.7 Å². The molecule has 332 valence electrons. The van der Waals surface area contributed by atoms with E-state index in [2.05, 4.69) is 40.7 Å². The zero-order valence-corrected chi connectivity index (χ0v) is 32.4. The van der Waals surface area contributed by atoms with Crippen LogP contribution >= 0.6 is 0 Å². The van der Waals surface area contributed by atoms with E-state index in [1.165, 1.54) is 38.4 Å². The third kappa shape index (κ3) is 13.0. The molecule has 2 heterocycles. The molecule has 0 aliphatic heterocycles. The molecule has 2 atom stereocenters. The number of benzene rings is 2. The Morgan fingerprint density at radius 2 is 0.900 bits per heavy atom. The third-order valence-electron chi connectivity index (χ3n) is 10.3. The van der Waals surface area contributed by atoms with E-state index >= 15 is 0 Å². The van der Waals surface area contributed by atoms with Gasteiger partial charge in [-0.3, -0.25) is 19.6 Å². The first-order valence-electron chi connectivity index (χ1n) is 19.2. The molecule has 4 N–H and O–H groups in total. The van der Waals surface area contributed by atoms with Gasteiger partial charge < -0.3 is 30.7 Å². The lowest BCUT2D eigenvalue weighted by atomic mass is 9.90. The van der Waals surface area contributed by atoms with E-state index in [0.717, 1.165) is 24.3 Å². The summed E-state index contributed by atoms with van der Waals surface area (Å²) in [4.78, 5) is 33.1. The highest BCUT2D eigenvalue weighted by molar-refractivity contribution is 5.98. The topological polar surface area (TPSA) is 126 Å². The van der Waals surface area contributed by atoms with Crippen LogP contribution in [0.15, 0.2) is 48.8 Å². The molecule has 60 heavy (non-hydrogen) atoms. The van der Waals surface area contributed by atoms with E-state index in [1.807, 2.05) is 0 Å². The summed E-state index contributed by atoms with van der Waals surface area (Å²) < 4.78 is 136. The first kappa shape index (κ1) is 46.1. The molecule has 2 aromatic heterocycles. The summed E-state index contributed by atoms with van der Waals surface area (Å²) in [5, 5.41) is 12.1. The number of aromatic nitrogens is 2. The zero-order valence-electron chi connectivity index (χ0n) is 32.4. The molecule has 2 aliphatic carbocycles. The van der Waals surface area contributed by atoms with Gasteiger partial charge in [0.1, 0.15) is 0 Å². The molecule has 0 spiro atoms. The Labute approximate surface area is 341 Å². The maximum Gasteiger partial charge on any atom is 0.387 e. The fourth-order valence-corrected chi connectivity index (χ4v) is 7.11. The molecule has 2 aliphatic rings. The van der Waals surface area contributed by atoms with Gasteiger partial charge in [-0.05, 0) is 89.5 Å². The van der Waals surface area contributed by atoms with Crippen molar-refractivity contribution in [2.24, 2.45) is 0 Å². The summed E-state index contributed by atoms with van der Waals surface area (Å²) in [6.07, 6.45) is 2.92. The molecule has 6 rings (SSSR count). The number of halogens is 10. The van der Waals surface area contributed by atoms with Crippen molar-refractivity contribution in [3.05, 3.63) is 71.6 Å². The fourth-order valence-electron chi connectivity index (χ4n) is 7.11. The number of hydrogen-bond acceptors (Lipinski definition) is 8. The van der Waals surface area contributed by atoms with Crippen LogP contribution in [0.3, 0.4) is 0 Å². The van der Waals surface area contributed by atoms with Gasteiger partial charge in [0.25, 0.3) is 24.7 Å². The Morgan fingerprint density at radius 1 is 0.567 bits per heavy atom. The zero-order chi connectivity index (χ0) is 43.7. The van der Waals surface area contributed by atoms with E-state index in [1.54, 1.807) is 0 Å². The maximum absolute atomic E-state index is 13.9. The van der Waals surface area contributed by atoms with Gasteiger partial charge in [0.05, 0.1) is 34.2 Å². The number of nitrogens with zero attached hydrogens (tertiary/aromatic N) is 2. The number of fused-ring (bicyclic) bond motifs is 2. The van der Waals surface area contributed by atoms with Crippen molar-refractivity contribution < 1.29 is 65.8 Å². The number of rotatable bonds is 14. The first-order valence-corrected chi connectivity index (χ1v) is 19.2. The Morgan fingerprint density at radius 3 is 1.22 bits per heavy atom. The first-order chi connectivity index (χ1) is 28.4. The highest BCUT2D eigenvalue weighted by atomic mass is 19.3. The van der Waals surface area contributed by atoms with Gasteiger partial charge in [-0.2, -0.15) is 17.6 Å². The summed E-state index contributed by atoms with van der Waals surface area (Å²) in [5.74, 6) is -3.98. The van der Waals surface area contributed by atoms with Crippen molar-refractivity contribution in [3.8, 4) is 11.5 Å². The van der Waals surface area contributed by atoms with E-state index in [0.29, 0.717) is 51.4 Å². The lowest BCUT2D eigenvalue weighted by molar-refractivity contribution is -0.0527. The number of alkyl halides is 8.